The Labute approximate surface area is 73.3 Å². The highest BCUT2D eigenvalue weighted by Gasteiger charge is 2.48. The minimum absolute atomic E-state index is 0.738. The minimum Gasteiger partial charge on any atom is -0.317 e. The maximum atomic E-state index is 3.43. The Hall–Kier alpha value is 0.310. The Morgan fingerprint density at radius 1 is 1.27 bits per heavy atom. The third-order valence-electron chi connectivity index (χ3n) is 3.23. The van der Waals surface area contributed by atoms with Crippen LogP contribution in [-0.4, -0.2) is 24.1 Å². The summed E-state index contributed by atoms with van der Waals surface area (Å²) in [7, 11) is 0. The Bertz CT molecular complexity index is 136. The van der Waals surface area contributed by atoms with E-state index >= 15 is 0 Å². The lowest BCUT2D eigenvalue weighted by Crippen LogP contribution is -2.33. The predicted octanol–water partition coefficient (Wildman–Crippen LogP) is 1.88. The van der Waals surface area contributed by atoms with Gasteiger partial charge in [0, 0.05) is 4.75 Å². The molecule has 2 rings (SSSR count). The van der Waals surface area contributed by atoms with Gasteiger partial charge in [0.15, 0.2) is 0 Å². The number of hydrogen-bond acceptors (Lipinski definition) is 2. The molecule has 0 atom stereocenters. The van der Waals surface area contributed by atoms with Crippen molar-refractivity contribution in [2.75, 3.05) is 19.3 Å². The fourth-order valence-electron chi connectivity index (χ4n) is 2.25. The van der Waals surface area contributed by atoms with Gasteiger partial charge >= 0.3 is 0 Å². The third kappa shape index (κ3) is 1.43. The second-order valence-electron chi connectivity index (χ2n) is 3.79. The highest BCUT2D eigenvalue weighted by Crippen LogP contribution is 2.55. The first-order valence-corrected chi connectivity index (χ1v) is 5.86. The van der Waals surface area contributed by atoms with Crippen molar-refractivity contribution in [1.29, 1.82) is 0 Å². The summed E-state index contributed by atoms with van der Waals surface area (Å²) < 4.78 is 0.738. The molecule has 2 fully saturated rings. The maximum Gasteiger partial charge on any atom is 0.0187 e. The molecular weight excluding hydrogens is 154 g/mol. The van der Waals surface area contributed by atoms with E-state index in [9.17, 15) is 0 Å². The van der Waals surface area contributed by atoms with Crippen LogP contribution in [0.15, 0.2) is 0 Å². The molecule has 2 heteroatoms. The predicted molar refractivity (Wildman–Crippen MR) is 51.1 cm³/mol. The van der Waals surface area contributed by atoms with E-state index in [1.165, 1.54) is 38.8 Å². The summed E-state index contributed by atoms with van der Waals surface area (Å²) in [6.45, 7) is 2.51. The molecule has 1 aliphatic carbocycles. The van der Waals surface area contributed by atoms with Crippen molar-refractivity contribution in [2.45, 2.75) is 30.4 Å². The molecule has 0 aromatic heterocycles. The van der Waals surface area contributed by atoms with Crippen LogP contribution in [0.5, 0.6) is 0 Å². The Morgan fingerprint density at radius 2 is 1.91 bits per heavy atom. The van der Waals surface area contributed by atoms with E-state index in [0.717, 1.165) is 10.7 Å². The summed E-state index contributed by atoms with van der Waals surface area (Å²) in [5.41, 5.74) is 0. The van der Waals surface area contributed by atoms with Gasteiger partial charge < -0.3 is 5.32 Å². The molecule has 0 aromatic rings. The summed E-state index contributed by atoms with van der Waals surface area (Å²) in [6.07, 6.45) is 8.09. The van der Waals surface area contributed by atoms with E-state index in [0.29, 0.717) is 0 Å². The number of hydrogen-bond donors (Lipinski definition) is 1. The molecule has 1 nitrogen and oxygen atoms in total. The van der Waals surface area contributed by atoms with E-state index in [1.807, 2.05) is 0 Å². The van der Waals surface area contributed by atoms with Gasteiger partial charge in [-0.05, 0) is 50.9 Å². The van der Waals surface area contributed by atoms with Crippen LogP contribution in [0, 0.1) is 5.92 Å². The average Bonchev–Trinajstić information content (AvgIpc) is 2.86. The van der Waals surface area contributed by atoms with Gasteiger partial charge in [-0.3, -0.25) is 0 Å². The molecule has 2 aliphatic rings. The Morgan fingerprint density at radius 3 is 2.36 bits per heavy atom. The van der Waals surface area contributed by atoms with Crippen LogP contribution < -0.4 is 5.32 Å². The fourth-order valence-corrected chi connectivity index (χ4v) is 3.33. The van der Waals surface area contributed by atoms with Crippen molar-refractivity contribution >= 4 is 11.8 Å². The van der Waals surface area contributed by atoms with Crippen LogP contribution in [-0.2, 0) is 0 Å². The fraction of sp³-hybridized carbons (Fsp3) is 1.00. The van der Waals surface area contributed by atoms with Crippen molar-refractivity contribution in [3.8, 4) is 0 Å². The van der Waals surface area contributed by atoms with E-state index in [1.54, 1.807) is 0 Å². The number of thioether (sulfide) groups is 1. The minimum atomic E-state index is 0.738. The quantitative estimate of drug-likeness (QED) is 0.681. The van der Waals surface area contributed by atoms with E-state index in [4.69, 9.17) is 0 Å². The van der Waals surface area contributed by atoms with Gasteiger partial charge in [-0.25, -0.2) is 0 Å². The summed E-state index contributed by atoms with van der Waals surface area (Å²) in [4.78, 5) is 0. The van der Waals surface area contributed by atoms with Crippen molar-refractivity contribution in [1.82, 2.24) is 5.32 Å². The summed E-state index contributed by atoms with van der Waals surface area (Å²) >= 11 is 2.12. The second-order valence-corrected chi connectivity index (χ2v) is 5.01. The van der Waals surface area contributed by atoms with E-state index in [-0.39, 0.29) is 0 Å². The van der Waals surface area contributed by atoms with Gasteiger partial charge in [-0.15, -0.1) is 0 Å². The van der Waals surface area contributed by atoms with Gasteiger partial charge in [-0.1, -0.05) is 0 Å². The molecule has 0 spiro atoms. The zero-order chi connectivity index (χ0) is 7.73. The third-order valence-corrected chi connectivity index (χ3v) is 4.79. The van der Waals surface area contributed by atoms with Crippen LogP contribution in [0.4, 0.5) is 0 Å². The standard InChI is InChI=1S/C9H17NS/c1-11-9(4-5-9)8-2-6-10-7-3-8/h8,10H,2-7H2,1H3. The van der Waals surface area contributed by atoms with Crippen molar-refractivity contribution in [3.63, 3.8) is 0 Å². The van der Waals surface area contributed by atoms with Crippen LogP contribution >= 0.6 is 11.8 Å². The summed E-state index contributed by atoms with van der Waals surface area (Å²) in [6, 6.07) is 0. The van der Waals surface area contributed by atoms with Crippen molar-refractivity contribution in [2.24, 2.45) is 5.92 Å². The van der Waals surface area contributed by atoms with Gasteiger partial charge in [0.25, 0.3) is 0 Å². The molecule has 1 heterocycles. The van der Waals surface area contributed by atoms with Crippen molar-refractivity contribution in [3.05, 3.63) is 0 Å². The number of piperidine rings is 1. The van der Waals surface area contributed by atoms with Gasteiger partial charge in [0.05, 0.1) is 0 Å². The van der Waals surface area contributed by atoms with Crippen molar-refractivity contribution < 1.29 is 0 Å². The topological polar surface area (TPSA) is 12.0 Å². The van der Waals surface area contributed by atoms with Crippen LogP contribution in [0.25, 0.3) is 0 Å². The number of rotatable bonds is 2. The first kappa shape index (κ1) is 7.93. The molecule has 0 bridgehead atoms. The lowest BCUT2D eigenvalue weighted by Gasteiger charge is -2.29. The van der Waals surface area contributed by atoms with Crippen LogP contribution in [0.1, 0.15) is 25.7 Å². The monoisotopic (exact) mass is 171 g/mol. The SMILES string of the molecule is CSC1(C2CCNCC2)CC1. The smallest absolute Gasteiger partial charge is 0.0187 e. The molecule has 0 unspecified atom stereocenters. The first-order valence-electron chi connectivity index (χ1n) is 4.63. The summed E-state index contributed by atoms with van der Waals surface area (Å²) in [5, 5.41) is 3.43. The van der Waals surface area contributed by atoms with Gasteiger partial charge in [0.1, 0.15) is 0 Å². The molecule has 1 aliphatic heterocycles. The highest BCUT2D eigenvalue weighted by atomic mass is 32.2. The van der Waals surface area contributed by atoms with Gasteiger partial charge in [-0.2, -0.15) is 11.8 Å². The van der Waals surface area contributed by atoms with E-state index in [2.05, 4.69) is 23.3 Å². The summed E-state index contributed by atoms with van der Waals surface area (Å²) in [5.74, 6) is 1.03. The molecule has 1 N–H and O–H groups in total. The lowest BCUT2D eigenvalue weighted by atomic mass is 9.93. The Balaban J connectivity index is 1.92. The van der Waals surface area contributed by atoms with Crippen LogP contribution in [0.3, 0.4) is 0 Å². The number of nitrogens with one attached hydrogen (secondary N) is 1. The van der Waals surface area contributed by atoms with E-state index < -0.39 is 0 Å². The normalized spacial score (nSPS) is 30.3. The molecule has 0 amide bonds. The molecule has 1 saturated carbocycles. The lowest BCUT2D eigenvalue weighted by molar-refractivity contribution is 0.356. The Kier molecular flexibility index (Phi) is 2.15. The zero-order valence-corrected chi connectivity index (χ0v) is 8.04. The average molecular weight is 171 g/mol. The molecule has 0 radical (unpaired) electrons. The van der Waals surface area contributed by atoms with Crippen LogP contribution in [0.2, 0.25) is 0 Å². The first-order chi connectivity index (χ1) is 5.37. The second kappa shape index (κ2) is 2.98. The maximum absolute atomic E-state index is 3.43. The molecular formula is C9H17NS. The molecule has 64 valence electrons. The van der Waals surface area contributed by atoms with Gasteiger partial charge in [0.2, 0.25) is 0 Å². The largest absolute Gasteiger partial charge is 0.317 e. The molecule has 1 saturated heterocycles. The molecule has 0 aromatic carbocycles. The zero-order valence-electron chi connectivity index (χ0n) is 7.23. The highest BCUT2D eigenvalue weighted by molar-refractivity contribution is 8.00. The molecule has 11 heavy (non-hydrogen) atoms.